The number of ether oxygens (including phenoxy) is 2. The number of benzene rings is 2. The van der Waals surface area contributed by atoms with Gasteiger partial charge in [0.1, 0.15) is 11.3 Å². The van der Waals surface area contributed by atoms with Crippen molar-refractivity contribution < 1.29 is 23.5 Å². The summed E-state index contributed by atoms with van der Waals surface area (Å²) in [7, 11) is 1.53. The second-order valence-corrected chi connectivity index (χ2v) is 7.69. The Labute approximate surface area is 190 Å². The zero-order valence-corrected chi connectivity index (χ0v) is 18.3. The topological polar surface area (TPSA) is 101 Å². The molecule has 0 spiro atoms. The molecule has 1 aliphatic heterocycles. The molecule has 9 nitrogen and oxygen atoms in total. The van der Waals surface area contributed by atoms with Gasteiger partial charge in [0.25, 0.3) is 5.91 Å². The third kappa shape index (κ3) is 5.89. The van der Waals surface area contributed by atoms with Crippen LogP contribution in [0.1, 0.15) is 0 Å². The van der Waals surface area contributed by atoms with E-state index < -0.39 is 5.63 Å². The number of likely N-dealkylation sites (N-methyl/N-ethyl adjacent to an activating group) is 1. The van der Waals surface area contributed by atoms with Gasteiger partial charge in [0.2, 0.25) is 5.91 Å². The SMILES string of the molecule is CN(CC(=O)Nc1ccc(N2CCOCC2)cc1)C(=O)COc1ccc2ccc(=O)oc2c1. The molecule has 172 valence electrons. The van der Waals surface area contributed by atoms with Gasteiger partial charge in [-0.15, -0.1) is 0 Å². The lowest BCUT2D eigenvalue weighted by atomic mass is 10.2. The van der Waals surface area contributed by atoms with Crippen LogP contribution in [0.3, 0.4) is 0 Å². The summed E-state index contributed by atoms with van der Waals surface area (Å²) in [5.41, 5.74) is 1.65. The van der Waals surface area contributed by atoms with Gasteiger partial charge in [-0.05, 0) is 42.5 Å². The highest BCUT2D eigenvalue weighted by atomic mass is 16.5. The minimum absolute atomic E-state index is 0.111. The van der Waals surface area contributed by atoms with E-state index in [1.807, 2.05) is 24.3 Å². The number of hydrogen-bond donors (Lipinski definition) is 1. The third-order valence-electron chi connectivity index (χ3n) is 5.29. The molecule has 0 aliphatic carbocycles. The quantitative estimate of drug-likeness (QED) is 0.549. The van der Waals surface area contributed by atoms with Crippen molar-refractivity contribution in [2.24, 2.45) is 0 Å². The molecule has 9 heteroatoms. The van der Waals surface area contributed by atoms with E-state index in [0.29, 0.717) is 30.2 Å². The number of carbonyl (C=O) groups excluding carboxylic acids is 2. The molecule has 0 radical (unpaired) electrons. The second-order valence-electron chi connectivity index (χ2n) is 7.69. The van der Waals surface area contributed by atoms with E-state index >= 15 is 0 Å². The minimum Gasteiger partial charge on any atom is -0.484 e. The van der Waals surface area contributed by atoms with Crippen molar-refractivity contribution in [1.82, 2.24) is 4.90 Å². The first-order valence-corrected chi connectivity index (χ1v) is 10.6. The lowest BCUT2D eigenvalue weighted by Gasteiger charge is -2.28. The van der Waals surface area contributed by atoms with Crippen LogP contribution in [0.5, 0.6) is 5.75 Å². The maximum Gasteiger partial charge on any atom is 0.336 e. The highest BCUT2D eigenvalue weighted by Crippen LogP contribution is 2.20. The van der Waals surface area contributed by atoms with Crippen molar-refractivity contribution in [3.63, 3.8) is 0 Å². The Morgan fingerprint density at radius 3 is 2.55 bits per heavy atom. The maximum atomic E-state index is 12.4. The van der Waals surface area contributed by atoms with Gasteiger partial charge in [-0.3, -0.25) is 9.59 Å². The van der Waals surface area contributed by atoms with Gasteiger partial charge in [0.15, 0.2) is 6.61 Å². The summed E-state index contributed by atoms with van der Waals surface area (Å²) in [6.45, 7) is 2.74. The first kappa shape index (κ1) is 22.3. The summed E-state index contributed by atoms with van der Waals surface area (Å²) >= 11 is 0. The van der Waals surface area contributed by atoms with Crippen LogP contribution in [0.15, 0.2) is 63.8 Å². The number of amides is 2. The fourth-order valence-electron chi connectivity index (χ4n) is 3.47. The van der Waals surface area contributed by atoms with E-state index in [1.165, 1.54) is 18.0 Å². The molecule has 0 bridgehead atoms. The highest BCUT2D eigenvalue weighted by molar-refractivity contribution is 5.94. The average molecular weight is 451 g/mol. The van der Waals surface area contributed by atoms with Gasteiger partial charge in [0.05, 0.1) is 19.8 Å². The number of morpholine rings is 1. The Bertz CT molecular complexity index is 1180. The van der Waals surface area contributed by atoms with Crippen LogP contribution in [0, 0.1) is 0 Å². The third-order valence-corrected chi connectivity index (χ3v) is 5.29. The van der Waals surface area contributed by atoms with Crippen LogP contribution in [-0.4, -0.2) is 63.2 Å². The summed E-state index contributed by atoms with van der Waals surface area (Å²) in [5, 5.41) is 3.55. The van der Waals surface area contributed by atoms with Crippen molar-refractivity contribution in [3.05, 3.63) is 65.0 Å². The van der Waals surface area contributed by atoms with Crippen LogP contribution in [0.4, 0.5) is 11.4 Å². The highest BCUT2D eigenvalue weighted by Gasteiger charge is 2.15. The molecule has 0 unspecified atom stereocenters. The van der Waals surface area contributed by atoms with E-state index in [9.17, 15) is 14.4 Å². The maximum absolute atomic E-state index is 12.4. The summed E-state index contributed by atoms with van der Waals surface area (Å²) in [4.78, 5) is 39.6. The van der Waals surface area contributed by atoms with Gasteiger partial charge in [-0.1, -0.05) is 0 Å². The van der Waals surface area contributed by atoms with Crippen molar-refractivity contribution in [3.8, 4) is 5.75 Å². The van der Waals surface area contributed by atoms with Crippen molar-refractivity contribution >= 4 is 34.2 Å². The van der Waals surface area contributed by atoms with Gasteiger partial charge in [-0.2, -0.15) is 0 Å². The first-order valence-electron chi connectivity index (χ1n) is 10.6. The van der Waals surface area contributed by atoms with Crippen LogP contribution in [0.2, 0.25) is 0 Å². The van der Waals surface area contributed by atoms with E-state index in [2.05, 4.69) is 10.2 Å². The molecule has 1 aromatic heterocycles. The molecule has 2 heterocycles. The number of anilines is 2. The summed E-state index contributed by atoms with van der Waals surface area (Å²) in [6.07, 6.45) is 0. The Hall–Kier alpha value is -3.85. The van der Waals surface area contributed by atoms with Gasteiger partial charge >= 0.3 is 5.63 Å². The van der Waals surface area contributed by atoms with Crippen LogP contribution < -0.4 is 20.6 Å². The summed E-state index contributed by atoms with van der Waals surface area (Å²) in [6, 6.07) is 15.5. The zero-order valence-electron chi connectivity index (χ0n) is 18.3. The molecule has 2 aromatic carbocycles. The standard InChI is InChI=1S/C24H25N3O6/c1-26(23(29)16-32-20-8-2-17-3-9-24(30)33-21(17)14-20)15-22(28)25-18-4-6-19(7-5-18)27-10-12-31-13-11-27/h2-9,14H,10-13,15-16H2,1H3,(H,25,28). The monoisotopic (exact) mass is 451 g/mol. The summed E-state index contributed by atoms with van der Waals surface area (Å²) < 4.78 is 16.0. The van der Waals surface area contributed by atoms with Crippen molar-refractivity contribution in [2.75, 3.05) is 56.7 Å². The molecule has 1 fully saturated rings. The van der Waals surface area contributed by atoms with Crippen LogP contribution in [-0.2, 0) is 14.3 Å². The molecule has 0 saturated carbocycles. The van der Waals surface area contributed by atoms with Crippen LogP contribution in [0.25, 0.3) is 11.0 Å². The molecular formula is C24H25N3O6. The molecule has 1 saturated heterocycles. The molecule has 1 N–H and O–H groups in total. The zero-order chi connectivity index (χ0) is 23.2. The van der Waals surface area contributed by atoms with E-state index in [0.717, 1.165) is 24.2 Å². The van der Waals surface area contributed by atoms with Gasteiger partial charge < -0.3 is 29.0 Å². The number of nitrogens with zero attached hydrogens (tertiary/aromatic N) is 2. The predicted octanol–water partition coefficient (Wildman–Crippen LogP) is 2.11. The molecule has 0 atom stereocenters. The van der Waals surface area contributed by atoms with Crippen LogP contribution >= 0.6 is 0 Å². The number of hydrogen-bond acceptors (Lipinski definition) is 7. The van der Waals surface area contributed by atoms with E-state index in [-0.39, 0.29) is 25.0 Å². The molecule has 33 heavy (non-hydrogen) atoms. The first-order chi connectivity index (χ1) is 16.0. The Kier molecular flexibility index (Phi) is 6.89. The fourth-order valence-corrected chi connectivity index (χ4v) is 3.47. The molecule has 3 aromatic rings. The van der Waals surface area contributed by atoms with Gasteiger partial charge in [-0.25, -0.2) is 4.79 Å². The van der Waals surface area contributed by atoms with Gasteiger partial charge in [0, 0.05) is 49.0 Å². The number of fused-ring (bicyclic) bond motifs is 1. The summed E-state index contributed by atoms with van der Waals surface area (Å²) in [5.74, 6) is -0.275. The lowest BCUT2D eigenvalue weighted by molar-refractivity contribution is -0.135. The molecule has 1 aliphatic rings. The average Bonchev–Trinajstić information content (AvgIpc) is 2.83. The lowest BCUT2D eigenvalue weighted by Crippen LogP contribution is -2.37. The molecule has 4 rings (SSSR count). The smallest absolute Gasteiger partial charge is 0.336 e. The Morgan fingerprint density at radius 2 is 1.79 bits per heavy atom. The second kappa shape index (κ2) is 10.2. The van der Waals surface area contributed by atoms with E-state index in [4.69, 9.17) is 13.9 Å². The molecular weight excluding hydrogens is 426 g/mol. The predicted molar refractivity (Wildman–Crippen MR) is 124 cm³/mol. The Balaban J connectivity index is 1.26. The van der Waals surface area contributed by atoms with Crippen molar-refractivity contribution in [2.45, 2.75) is 0 Å². The largest absolute Gasteiger partial charge is 0.484 e. The number of carbonyl (C=O) groups is 2. The minimum atomic E-state index is -0.461. The molecule has 2 amide bonds. The normalized spacial score (nSPS) is 13.5. The number of nitrogens with one attached hydrogen (secondary N) is 1. The fraction of sp³-hybridized carbons (Fsp3) is 0.292. The van der Waals surface area contributed by atoms with E-state index in [1.54, 1.807) is 24.3 Å². The Morgan fingerprint density at radius 1 is 1.06 bits per heavy atom. The number of rotatable bonds is 7. The van der Waals surface area contributed by atoms with Crippen molar-refractivity contribution in [1.29, 1.82) is 0 Å².